The zero-order chi connectivity index (χ0) is 13.0. The Bertz CT molecular complexity index is 533. The number of amides is 1. The first-order valence-corrected chi connectivity index (χ1v) is 6.73. The molecular formula is C13H14BrN3O. The monoisotopic (exact) mass is 307 g/mol. The number of aryl methyl sites for hydroxylation is 1. The van der Waals surface area contributed by atoms with Crippen LogP contribution in [0.3, 0.4) is 0 Å². The second-order valence-electron chi connectivity index (χ2n) is 4.01. The lowest BCUT2D eigenvalue weighted by Crippen LogP contribution is -2.23. The summed E-state index contributed by atoms with van der Waals surface area (Å²) in [7, 11) is 1.79. The van der Waals surface area contributed by atoms with Crippen molar-refractivity contribution in [2.75, 3.05) is 0 Å². The van der Waals surface area contributed by atoms with E-state index in [2.05, 4.69) is 26.3 Å². The number of hydrogen-bond donors (Lipinski definition) is 1. The van der Waals surface area contributed by atoms with Crippen LogP contribution in [0.2, 0.25) is 0 Å². The van der Waals surface area contributed by atoms with Gasteiger partial charge in [0.25, 0.3) is 5.91 Å². The highest BCUT2D eigenvalue weighted by Gasteiger charge is 2.07. The van der Waals surface area contributed by atoms with Crippen LogP contribution in [-0.4, -0.2) is 15.7 Å². The van der Waals surface area contributed by atoms with Gasteiger partial charge in [-0.1, -0.05) is 40.2 Å². The van der Waals surface area contributed by atoms with Crippen LogP contribution in [0.5, 0.6) is 0 Å². The van der Waals surface area contributed by atoms with Crippen molar-refractivity contribution in [2.45, 2.75) is 11.9 Å². The number of nitrogens with zero attached hydrogens (tertiary/aromatic N) is 2. The molecule has 1 amide bonds. The molecule has 0 atom stereocenters. The summed E-state index contributed by atoms with van der Waals surface area (Å²) < 4.78 is 1.61. The Morgan fingerprint density at radius 1 is 1.28 bits per heavy atom. The quantitative estimate of drug-likeness (QED) is 0.881. The van der Waals surface area contributed by atoms with Crippen molar-refractivity contribution in [1.82, 2.24) is 15.1 Å². The Hall–Kier alpha value is -1.62. The van der Waals surface area contributed by atoms with E-state index < -0.39 is 0 Å². The van der Waals surface area contributed by atoms with Crippen LogP contribution in [0.1, 0.15) is 21.6 Å². The highest BCUT2D eigenvalue weighted by Crippen LogP contribution is 2.07. The lowest BCUT2D eigenvalue weighted by atomic mass is 10.1. The molecule has 0 aliphatic rings. The van der Waals surface area contributed by atoms with Gasteiger partial charge in [-0.05, 0) is 17.2 Å². The SMILES string of the molecule is Cn1ccc(C(=O)NCc2ccc(CBr)cc2)n1. The van der Waals surface area contributed by atoms with E-state index in [4.69, 9.17) is 0 Å². The molecule has 18 heavy (non-hydrogen) atoms. The number of aromatic nitrogens is 2. The maximum absolute atomic E-state index is 11.8. The van der Waals surface area contributed by atoms with Crippen molar-refractivity contribution in [2.24, 2.45) is 7.05 Å². The van der Waals surface area contributed by atoms with Crippen LogP contribution in [0.4, 0.5) is 0 Å². The van der Waals surface area contributed by atoms with Crippen LogP contribution in [0.15, 0.2) is 36.5 Å². The molecule has 4 nitrogen and oxygen atoms in total. The fourth-order valence-corrected chi connectivity index (χ4v) is 1.93. The normalized spacial score (nSPS) is 10.3. The third-order valence-corrected chi connectivity index (χ3v) is 3.22. The summed E-state index contributed by atoms with van der Waals surface area (Å²) in [4.78, 5) is 11.8. The number of nitrogens with one attached hydrogen (secondary N) is 1. The summed E-state index contributed by atoms with van der Waals surface area (Å²) in [5, 5.41) is 7.73. The van der Waals surface area contributed by atoms with Crippen molar-refractivity contribution in [3.05, 3.63) is 53.3 Å². The van der Waals surface area contributed by atoms with Crippen LogP contribution in [0, 0.1) is 0 Å². The van der Waals surface area contributed by atoms with Crippen molar-refractivity contribution in [3.63, 3.8) is 0 Å². The molecule has 0 spiro atoms. The molecule has 94 valence electrons. The van der Waals surface area contributed by atoms with Gasteiger partial charge in [-0.3, -0.25) is 9.48 Å². The number of carbonyl (C=O) groups is 1. The highest BCUT2D eigenvalue weighted by molar-refractivity contribution is 9.08. The van der Waals surface area contributed by atoms with Gasteiger partial charge in [0.05, 0.1) is 0 Å². The van der Waals surface area contributed by atoms with Crippen LogP contribution in [-0.2, 0) is 18.9 Å². The predicted molar refractivity (Wildman–Crippen MR) is 73.5 cm³/mol. The first kappa shape index (κ1) is 12.8. The maximum atomic E-state index is 11.8. The first-order valence-electron chi connectivity index (χ1n) is 5.60. The number of carbonyl (C=O) groups excluding carboxylic acids is 1. The number of benzene rings is 1. The molecular weight excluding hydrogens is 294 g/mol. The summed E-state index contributed by atoms with van der Waals surface area (Å²) in [6.07, 6.45) is 1.75. The Morgan fingerprint density at radius 2 is 1.94 bits per heavy atom. The number of rotatable bonds is 4. The molecule has 0 bridgehead atoms. The third-order valence-electron chi connectivity index (χ3n) is 2.58. The molecule has 1 N–H and O–H groups in total. The molecule has 0 aliphatic carbocycles. The van der Waals surface area contributed by atoms with Gasteiger partial charge in [0.15, 0.2) is 0 Å². The fraction of sp³-hybridized carbons (Fsp3) is 0.231. The van der Waals surface area contributed by atoms with Gasteiger partial charge < -0.3 is 5.32 Å². The average molecular weight is 308 g/mol. The van der Waals surface area contributed by atoms with E-state index >= 15 is 0 Å². The predicted octanol–water partition coefficient (Wildman–Crippen LogP) is 2.25. The van der Waals surface area contributed by atoms with Gasteiger partial charge in [-0.25, -0.2) is 0 Å². The van der Waals surface area contributed by atoms with Crippen molar-refractivity contribution >= 4 is 21.8 Å². The van der Waals surface area contributed by atoms with Crippen LogP contribution < -0.4 is 5.32 Å². The van der Waals surface area contributed by atoms with Crippen LogP contribution >= 0.6 is 15.9 Å². The summed E-state index contributed by atoms with van der Waals surface area (Å²) in [5.74, 6) is -0.153. The standard InChI is InChI=1S/C13H14BrN3O/c1-17-7-6-12(16-17)13(18)15-9-11-4-2-10(8-14)3-5-11/h2-7H,8-9H2,1H3,(H,15,18). The Morgan fingerprint density at radius 3 is 2.50 bits per heavy atom. The summed E-state index contributed by atoms with van der Waals surface area (Å²) in [5.41, 5.74) is 2.73. The van der Waals surface area contributed by atoms with Gasteiger partial charge in [0.2, 0.25) is 0 Å². The zero-order valence-corrected chi connectivity index (χ0v) is 11.6. The first-order chi connectivity index (χ1) is 8.69. The molecule has 0 saturated carbocycles. The molecule has 1 heterocycles. The molecule has 0 fully saturated rings. The van der Waals surface area contributed by atoms with E-state index in [1.54, 1.807) is 24.0 Å². The van der Waals surface area contributed by atoms with Gasteiger partial charge in [0.1, 0.15) is 5.69 Å². The van der Waals surface area contributed by atoms with E-state index in [0.717, 1.165) is 10.9 Å². The average Bonchev–Trinajstić information content (AvgIpc) is 2.83. The van der Waals surface area contributed by atoms with E-state index in [1.807, 2.05) is 24.3 Å². The van der Waals surface area contributed by atoms with Gasteiger partial charge in [0, 0.05) is 25.1 Å². The smallest absolute Gasteiger partial charge is 0.272 e. The summed E-state index contributed by atoms with van der Waals surface area (Å²) in [6, 6.07) is 9.79. The van der Waals surface area contributed by atoms with Crippen LogP contribution in [0.25, 0.3) is 0 Å². The molecule has 1 aromatic heterocycles. The van der Waals surface area contributed by atoms with Gasteiger partial charge >= 0.3 is 0 Å². The lowest BCUT2D eigenvalue weighted by Gasteiger charge is -2.04. The molecule has 0 aliphatic heterocycles. The minimum atomic E-state index is -0.153. The Kier molecular flexibility index (Phi) is 4.15. The minimum Gasteiger partial charge on any atom is -0.347 e. The minimum absolute atomic E-state index is 0.153. The molecule has 0 radical (unpaired) electrons. The lowest BCUT2D eigenvalue weighted by molar-refractivity contribution is 0.0945. The fourth-order valence-electron chi connectivity index (χ4n) is 1.56. The van der Waals surface area contributed by atoms with E-state index in [1.165, 1.54) is 5.56 Å². The number of hydrogen-bond acceptors (Lipinski definition) is 2. The molecule has 0 unspecified atom stereocenters. The largest absolute Gasteiger partial charge is 0.347 e. The molecule has 0 saturated heterocycles. The van der Waals surface area contributed by atoms with Gasteiger partial charge in [-0.2, -0.15) is 5.10 Å². The zero-order valence-electron chi connectivity index (χ0n) is 10.1. The van der Waals surface area contributed by atoms with Crippen molar-refractivity contribution in [3.8, 4) is 0 Å². The molecule has 2 rings (SSSR count). The Labute approximate surface area is 114 Å². The number of halogens is 1. The molecule has 5 heteroatoms. The topological polar surface area (TPSA) is 46.9 Å². The van der Waals surface area contributed by atoms with E-state index in [-0.39, 0.29) is 5.91 Å². The summed E-state index contributed by atoms with van der Waals surface area (Å²) >= 11 is 3.40. The number of alkyl halides is 1. The van der Waals surface area contributed by atoms with Crippen molar-refractivity contribution < 1.29 is 4.79 Å². The molecule has 1 aromatic carbocycles. The molecule has 2 aromatic rings. The highest BCUT2D eigenvalue weighted by atomic mass is 79.9. The maximum Gasteiger partial charge on any atom is 0.272 e. The second-order valence-corrected chi connectivity index (χ2v) is 4.57. The van der Waals surface area contributed by atoms with Gasteiger partial charge in [-0.15, -0.1) is 0 Å². The summed E-state index contributed by atoms with van der Waals surface area (Å²) in [6.45, 7) is 0.512. The van der Waals surface area contributed by atoms with E-state index in [9.17, 15) is 4.79 Å². The van der Waals surface area contributed by atoms with E-state index in [0.29, 0.717) is 12.2 Å². The Balaban J connectivity index is 1.92. The second kappa shape index (κ2) is 5.82. The third kappa shape index (κ3) is 3.20. The van der Waals surface area contributed by atoms with Crippen molar-refractivity contribution in [1.29, 1.82) is 0 Å².